The van der Waals surface area contributed by atoms with Crippen LogP contribution in [0.1, 0.15) is 0 Å². The number of nitrogens with zero attached hydrogens (tertiary/aromatic N) is 4. The van der Waals surface area contributed by atoms with Gasteiger partial charge in [0, 0.05) is 58.4 Å². The van der Waals surface area contributed by atoms with Crippen molar-refractivity contribution in [2.45, 2.75) is 0 Å². The molecule has 0 spiro atoms. The lowest BCUT2D eigenvalue weighted by atomic mass is 10.2. The van der Waals surface area contributed by atoms with E-state index in [0.717, 1.165) is 45.3 Å². The van der Waals surface area contributed by atoms with Gasteiger partial charge >= 0.3 is 0 Å². The van der Waals surface area contributed by atoms with Crippen LogP contribution in [0.2, 0.25) is 0 Å². The van der Waals surface area contributed by atoms with Gasteiger partial charge in [-0.3, -0.25) is 10.1 Å². The number of nitro benzene ring substituents is 1. The summed E-state index contributed by atoms with van der Waals surface area (Å²) in [4.78, 5) is 16.3. The largest absolute Gasteiger partial charge is 0.367 e. The van der Waals surface area contributed by atoms with Crippen molar-refractivity contribution >= 4 is 11.4 Å². The minimum absolute atomic E-state index is 0.208. The molecule has 0 atom stereocenters. The van der Waals surface area contributed by atoms with Crippen molar-refractivity contribution in [3.8, 4) is 0 Å². The highest BCUT2D eigenvalue weighted by molar-refractivity contribution is 5.52. The Kier molecular flexibility index (Phi) is 6.89. The zero-order valence-electron chi connectivity index (χ0n) is 14.4. The Morgan fingerprint density at radius 2 is 1.62 bits per heavy atom. The molecule has 0 radical (unpaired) electrons. The Morgan fingerprint density at radius 3 is 2.08 bits per heavy atom. The maximum absolute atomic E-state index is 13.7. The zero-order valence-corrected chi connectivity index (χ0v) is 14.4. The lowest BCUT2D eigenvalue weighted by Gasteiger charge is -2.34. The second-order valence-electron chi connectivity index (χ2n) is 6.24. The first-order valence-electron chi connectivity index (χ1n) is 8.24. The summed E-state index contributed by atoms with van der Waals surface area (Å²) in [5.74, 6) is -0.524. The molecule has 3 rings (SSSR count). The van der Waals surface area contributed by atoms with Crippen LogP contribution >= 0.6 is 0 Å². The van der Waals surface area contributed by atoms with Gasteiger partial charge in [-0.25, -0.2) is 4.39 Å². The standard InChI is InChI=1S/C11H14FN3O2.C5H12N2/c1-13-4-6-14(7-5-13)11-3-2-9(15(16)17)8-10(11)12;1-7-4-2-6-3-5-7/h2-3,8H,4-7H2,1H3;6H,2-5H2,1H3. The highest BCUT2D eigenvalue weighted by atomic mass is 19.1. The topological polar surface area (TPSA) is 64.9 Å². The van der Waals surface area contributed by atoms with Crippen LogP contribution in [0.5, 0.6) is 0 Å². The van der Waals surface area contributed by atoms with Crippen molar-refractivity contribution in [3.63, 3.8) is 0 Å². The fourth-order valence-corrected chi connectivity index (χ4v) is 2.69. The molecule has 2 fully saturated rings. The summed E-state index contributed by atoms with van der Waals surface area (Å²) >= 11 is 0. The summed E-state index contributed by atoms with van der Waals surface area (Å²) in [6.07, 6.45) is 0. The smallest absolute Gasteiger partial charge is 0.272 e. The molecule has 2 aliphatic heterocycles. The van der Waals surface area contributed by atoms with Gasteiger partial charge in [-0.2, -0.15) is 0 Å². The molecule has 0 unspecified atom stereocenters. The van der Waals surface area contributed by atoms with Gasteiger partial charge in [0.1, 0.15) is 0 Å². The maximum Gasteiger partial charge on any atom is 0.272 e. The highest BCUT2D eigenvalue weighted by Gasteiger charge is 2.19. The summed E-state index contributed by atoms with van der Waals surface area (Å²) < 4.78 is 13.7. The van der Waals surface area contributed by atoms with Crippen molar-refractivity contribution in [3.05, 3.63) is 34.1 Å². The minimum atomic E-state index is -0.586. The Bertz CT molecular complexity index is 543. The van der Waals surface area contributed by atoms with Gasteiger partial charge in [0.25, 0.3) is 5.69 Å². The van der Waals surface area contributed by atoms with Gasteiger partial charge in [0.05, 0.1) is 16.7 Å². The minimum Gasteiger partial charge on any atom is -0.367 e. The summed E-state index contributed by atoms with van der Waals surface area (Å²) in [5, 5.41) is 13.8. The van der Waals surface area contributed by atoms with Crippen molar-refractivity contribution in [1.82, 2.24) is 15.1 Å². The highest BCUT2D eigenvalue weighted by Crippen LogP contribution is 2.24. The maximum atomic E-state index is 13.7. The van der Waals surface area contributed by atoms with Crippen LogP contribution in [0.3, 0.4) is 0 Å². The molecule has 2 aliphatic rings. The molecule has 0 bridgehead atoms. The van der Waals surface area contributed by atoms with E-state index in [1.807, 2.05) is 11.9 Å². The molecule has 0 amide bonds. The number of anilines is 1. The van der Waals surface area contributed by atoms with Gasteiger partial charge in [0.2, 0.25) is 0 Å². The number of hydrogen-bond acceptors (Lipinski definition) is 6. The van der Waals surface area contributed by atoms with Crippen molar-refractivity contribution in [1.29, 1.82) is 0 Å². The molecular formula is C16H26FN5O2. The van der Waals surface area contributed by atoms with E-state index in [2.05, 4.69) is 22.2 Å². The third kappa shape index (κ3) is 5.40. The first kappa shape index (κ1) is 18.6. The van der Waals surface area contributed by atoms with E-state index >= 15 is 0 Å². The van der Waals surface area contributed by atoms with Crippen LogP contribution in [0, 0.1) is 15.9 Å². The summed E-state index contributed by atoms with van der Waals surface area (Å²) in [6.45, 7) is 7.97. The van der Waals surface area contributed by atoms with Gasteiger partial charge in [-0.15, -0.1) is 0 Å². The third-order valence-corrected chi connectivity index (χ3v) is 4.33. The summed E-state index contributed by atoms with van der Waals surface area (Å²) in [5.41, 5.74) is 0.240. The van der Waals surface area contributed by atoms with E-state index in [1.165, 1.54) is 25.2 Å². The van der Waals surface area contributed by atoms with Gasteiger partial charge in [-0.05, 0) is 20.2 Å². The second-order valence-corrected chi connectivity index (χ2v) is 6.24. The number of rotatable bonds is 2. The SMILES string of the molecule is CN1CCN(c2ccc([N+](=O)[O-])cc2F)CC1.CN1CCNCC1. The molecule has 2 saturated heterocycles. The Labute approximate surface area is 142 Å². The number of benzene rings is 1. The second kappa shape index (κ2) is 8.91. The summed E-state index contributed by atoms with van der Waals surface area (Å²) in [6, 6.07) is 3.81. The number of piperazine rings is 2. The number of nitrogens with one attached hydrogen (secondary N) is 1. The Hall–Kier alpha value is -1.77. The predicted octanol–water partition coefficient (Wildman–Crippen LogP) is 1.01. The summed E-state index contributed by atoms with van der Waals surface area (Å²) in [7, 11) is 4.17. The van der Waals surface area contributed by atoms with Crippen LogP contribution in [0.15, 0.2) is 18.2 Å². The van der Waals surface area contributed by atoms with Crippen LogP contribution < -0.4 is 10.2 Å². The quantitative estimate of drug-likeness (QED) is 0.641. The lowest BCUT2D eigenvalue weighted by molar-refractivity contribution is -0.385. The van der Waals surface area contributed by atoms with E-state index in [0.29, 0.717) is 5.69 Å². The molecule has 2 heterocycles. The monoisotopic (exact) mass is 339 g/mol. The van der Waals surface area contributed by atoms with Gasteiger partial charge in [0.15, 0.2) is 5.82 Å². The molecule has 1 N–H and O–H groups in total. The molecule has 0 aliphatic carbocycles. The molecule has 24 heavy (non-hydrogen) atoms. The molecule has 134 valence electrons. The van der Waals surface area contributed by atoms with E-state index in [1.54, 1.807) is 0 Å². The van der Waals surface area contributed by atoms with E-state index in [-0.39, 0.29) is 5.69 Å². The van der Waals surface area contributed by atoms with Crippen molar-refractivity contribution in [2.24, 2.45) is 0 Å². The zero-order chi connectivity index (χ0) is 17.5. The van der Waals surface area contributed by atoms with Crippen LogP contribution in [0.4, 0.5) is 15.8 Å². The molecule has 8 heteroatoms. The number of non-ortho nitro benzene ring substituents is 1. The van der Waals surface area contributed by atoms with Crippen LogP contribution in [-0.4, -0.2) is 81.2 Å². The normalized spacial score (nSPS) is 19.5. The fourth-order valence-electron chi connectivity index (χ4n) is 2.69. The molecule has 0 saturated carbocycles. The molecule has 1 aromatic carbocycles. The average Bonchev–Trinajstić information content (AvgIpc) is 2.57. The van der Waals surface area contributed by atoms with Crippen molar-refractivity contribution in [2.75, 3.05) is 71.4 Å². The first-order chi connectivity index (χ1) is 11.5. The number of likely N-dealkylation sites (N-methyl/N-ethyl adjacent to an activating group) is 2. The predicted molar refractivity (Wildman–Crippen MR) is 93.1 cm³/mol. The van der Waals surface area contributed by atoms with E-state index in [4.69, 9.17) is 0 Å². The lowest BCUT2D eigenvalue weighted by Crippen LogP contribution is -2.44. The van der Waals surface area contributed by atoms with E-state index < -0.39 is 10.7 Å². The van der Waals surface area contributed by atoms with Gasteiger partial charge < -0.3 is 20.0 Å². The molecule has 0 aromatic heterocycles. The molecule has 1 aromatic rings. The Morgan fingerprint density at radius 1 is 1.04 bits per heavy atom. The fraction of sp³-hybridized carbons (Fsp3) is 0.625. The Balaban J connectivity index is 0.000000249. The number of nitro groups is 1. The van der Waals surface area contributed by atoms with Crippen molar-refractivity contribution < 1.29 is 9.31 Å². The van der Waals surface area contributed by atoms with Gasteiger partial charge in [-0.1, -0.05) is 0 Å². The molecule has 7 nitrogen and oxygen atoms in total. The first-order valence-corrected chi connectivity index (χ1v) is 8.24. The van der Waals surface area contributed by atoms with Crippen LogP contribution in [0.25, 0.3) is 0 Å². The molecular weight excluding hydrogens is 313 g/mol. The van der Waals surface area contributed by atoms with Crippen LogP contribution in [-0.2, 0) is 0 Å². The number of hydrogen-bond donors (Lipinski definition) is 1. The number of halogens is 1. The average molecular weight is 339 g/mol. The van der Waals surface area contributed by atoms with E-state index in [9.17, 15) is 14.5 Å². The third-order valence-electron chi connectivity index (χ3n) is 4.33.